The molecule has 0 amide bonds. The molecule has 0 rings (SSSR count). The van der Waals surface area contributed by atoms with E-state index in [9.17, 15) is 0 Å². The van der Waals surface area contributed by atoms with E-state index in [2.05, 4.69) is 10.1 Å². The van der Waals surface area contributed by atoms with Crippen LogP contribution in [0.1, 0.15) is 0 Å². The van der Waals surface area contributed by atoms with Crippen molar-refractivity contribution in [3.05, 3.63) is 0 Å². The third-order valence-corrected chi connectivity index (χ3v) is 1.76. The van der Waals surface area contributed by atoms with E-state index in [-0.39, 0.29) is 3.26 Å². The van der Waals surface area contributed by atoms with E-state index in [1.807, 2.05) is 22.6 Å². The second kappa shape index (κ2) is 5.07. The molecule has 42 valence electrons. The van der Waals surface area contributed by atoms with Crippen LogP contribution in [-0.2, 0) is 4.18 Å². The molecular weight excluding hydrogens is 237 g/mol. The van der Waals surface area contributed by atoms with Crippen molar-refractivity contribution >= 4 is 34.6 Å². The third kappa shape index (κ3) is 4.10. The fourth-order valence-electron chi connectivity index (χ4n) is 0.0915. The molecule has 2 nitrogen and oxygen atoms in total. The summed E-state index contributed by atoms with van der Waals surface area (Å²) in [5, 5.41) is 7.85. The average Bonchev–Trinajstić information content (AvgIpc) is 1.83. The Kier molecular flexibility index (Phi) is 5.03. The van der Waals surface area contributed by atoms with Gasteiger partial charge in [-0.2, -0.15) is 0 Å². The van der Waals surface area contributed by atoms with E-state index in [1.165, 1.54) is 6.26 Å². The molecular formula is C4H2INOS. The second-order valence-corrected chi connectivity index (χ2v) is 3.67. The van der Waals surface area contributed by atoms with Gasteiger partial charge >= 0.3 is 0 Å². The highest BCUT2D eigenvalue weighted by molar-refractivity contribution is 14.1. The van der Waals surface area contributed by atoms with Gasteiger partial charge in [0.05, 0.1) is 12.0 Å². The van der Waals surface area contributed by atoms with E-state index < -0.39 is 0 Å². The fraction of sp³-hybridized carbons (Fsp3) is 0.250. The summed E-state index contributed by atoms with van der Waals surface area (Å²) in [6.45, 7) is 0. The molecule has 0 aliphatic heterocycles. The number of nitriles is 1. The number of hydrogen-bond acceptors (Lipinski definition) is 3. The minimum absolute atomic E-state index is 0.0766. The lowest BCUT2D eigenvalue weighted by Gasteiger charge is -1.91. The summed E-state index contributed by atoms with van der Waals surface area (Å²) in [5.74, 6) is 2.37. The molecule has 0 saturated carbocycles. The van der Waals surface area contributed by atoms with Crippen molar-refractivity contribution in [2.24, 2.45) is 0 Å². The number of terminal acetylenes is 1. The predicted octanol–water partition coefficient (Wildman–Crippen LogP) is 1.53. The maximum absolute atomic E-state index is 7.85. The van der Waals surface area contributed by atoms with Gasteiger partial charge in [-0.05, 0) is 0 Å². The minimum atomic E-state index is -0.0766. The molecule has 0 aromatic rings. The molecule has 0 aromatic heterocycles. The van der Waals surface area contributed by atoms with Crippen LogP contribution in [-0.4, -0.2) is 3.26 Å². The van der Waals surface area contributed by atoms with Crippen LogP contribution in [0.2, 0.25) is 0 Å². The van der Waals surface area contributed by atoms with Crippen LogP contribution in [0.5, 0.6) is 0 Å². The monoisotopic (exact) mass is 239 g/mol. The number of nitrogens with zero attached hydrogens (tertiary/aromatic N) is 1. The molecule has 1 atom stereocenters. The van der Waals surface area contributed by atoms with E-state index in [4.69, 9.17) is 11.7 Å². The van der Waals surface area contributed by atoms with Crippen molar-refractivity contribution < 1.29 is 4.18 Å². The highest BCUT2D eigenvalue weighted by Crippen LogP contribution is 2.16. The van der Waals surface area contributed by atoms with Crippen molar-refractivity contribution in [3.63, 3.8) is 0 Å². The third-order valence-electron chi connectivity index (χ3n) is 0.301. The van der Waals surface area contributed by atoms with Crippen molar-refractivity contribution in [1.29, 1.82) is 5.26 Å². The number of halogens is 1. The molecule has 0 saturated heterocycles. The van der Waals surface area contributed by atoms with Gasteiger partial charge in [0.15, 0.2) is 3.26 Å². The fourth-order valence-corrected chi connectivity index (χ4v) is 0.586. The molecule has 1 unspecified atom stereocenters. The van der Waals surface area contributed by atoms with Crippen molar-refractivity contribution in [2.75, 3.05) is 0 Å². The highest BCUT2D eigenvalue weighted by atomic mass is 127. The Bertz CT molecular complexity index is 136. The van der Waals surface area contributed by atoms with Crippen LogP contribution in [0.25, 0.3) is 0 Å². The van der Waals surface area contributed by atoms with Gasteiger partial charge in [0, 0.05) is 0 Å². The lowest BCUT2D eigenvalue weighted by molar-refractivity contribution is 0.596. The summed E-state index contributed by atoms with van der Waals surface area (Å²) in [7, 11) is 0. The summed E-state index contributed by atoms with van der Waals surface area (Å²) in [6, 6.07) is 0. The quantitative estimate of drug-likeness (QED) is 0.241. The van der Waals surface area contributed by atoms with Gasteiger partial charge in [-0.15, -0.1) is 11.7 Å². The van der Waals surface area contributed by atoms with Gasteiger partial charge in [-0.3, -0.25) is 0 Å². The van der Waals surface area contributed by atoms with Gasteiger partial charge < -0.3 is 4.18 Å². The predicted molar refractivity (Wildman–Crippen MR) is 40.9 cm³/mol. The zero-order valence-electron chi connectivity index (χ0n) is 3.80. The van der Waals surface area contributed by atoms with E-state index in [0.29, 0.717) is 0 Å². The molecule has 0 heterocycles. The topological polar surface area (TPSA) is 33.0 Å². The van der Waals surface area contributed by atoms with Crippen LogP contribution >= 0.6 is 34.6 Å². The second-order valence-electron chi connectivity index (χ2n) is 0.754. The maximum atomic E-state index is 7.85. The largest absolute Gasteiger partial charge is 0.350 e. The van der Waals surface area contributed by atoms with Crippen LogP contribution in [0.4, 0.5) is 0 Å². The van der Waals surface area contributed by atoms with Crippen molar-refractivity contribution in [3.8, 4) is 18.6 Å². The Morgan fingerprint density at radius 1 is 1.88 bits per heavy atom. The smallest absolute Gasteiger partial charge is 0.299 e. The first-order valence-corrected chi connectivity index (χ1v) is 3.68. The Labute approximate surface area is 65.9 Å². The van der Waals surface area contributed by atoms with Crippen LogP contribution in [0.15, 0.2) is 0 Å². The van der Waals surface area contributed by atoms with Gasteiger partial charge in [0.25, 0.3) is 6.26 Å². The lowest BCUT2D eigenvalue weighted by atomic mass is 10.8. The molecule has 0 bridgehead atoms. The zero-order valence-corrected chi connectivity index (χ0v) is 6.77. The Balaban J connectivity index is 3.18. The normalized spacial score (nSPS) is 10.9. The van der Waals surface area contributed by atoms with E-state index >= 15 is 0 Å². The van der Waals surface area contributed by atoms with Crippen LogP contribution < -0.4 is 0 Å². The van der Waals surface area contributed by atoms with Crippen LogP contribution in [0.3, 0.4) is 0 Å². The molecule has 0 radical (unpaired) electrons. The molecule has 0 fully saturated rings. The first-order chi connectivity index (χ1) is 3.81. The summed E-state index contributed by atoms with van der Waals surface area (Å²) >= 11 is 2.95. The van der Waals surface area contributed by atoms with Gasteiger partial charge in [0.2, 0.25) is 0 Å². The molecule has 0 aliphatic carbocycles. The lowest BCUT2D eigenvalue weighted by Crippen LogP contribution is -1.82. The van der Waals surface area contributed by atoms with Crippen molar-refractivity contribution in [1.82, 2.24) is 0 Å². The first-order valence-electron chi connectivity index (χ1n) is 1.63. The molecule has 0 aromatic carbocycles. The maximum Gasteiger partial charge on any atom is 0.299 e. The molecule has 8 heavy (non-hydrogen) atoms. The van der Waals surface area contributed by atoms with Gasteiger partial charge in [0.1, 0.15) is 0 Å². The Hall–Kier alpha value is -0.0700. The van der Waals surface area contributed by atoms with E-state index in [0.717, 1.165) is 12.0 Å². The molecule has 0 spiro atoms. The average molecular weight is 239 g/mol. The van der Waals surface area contributed by atoms with Crippen molar-refractivity contribution in [2.45, 2.75) is 3.26 Å². The standard InChI is InChI=1S/C4H2INOS/c1-2-4(5)8-7-3-6/h1,4H. The number of alkyl halides is 1. The Morgan fingerprint density at radius 3 is 2.88 bits per heavy atom. The minimum Gasteiger partial charge on any atom is -0.350 e. The SMILES string of the molecule is C#CC(I)SOC#N. The number of rotatable bonds is 2. The zero-order chi connectivity index (χ0) is 6.41. The van der Waals surface area contributed by atoms with Gasteiger partial charge in [-0.1, -0.05) is 28.5 Å². The Morgan fingerprint density at radius 2 is 2.50 bits per heavy atom. The molecule has 0 N–H and O–H groups in total. The number of hydrogen-bond donors (Lipinski definition) is 0. The molecule has 0 aliphatic rings. The summed E-state index contributed by atoms with van der Waals surface area (Å²) in [6.07, 6.45) is 6.44. The first kappa shape index (κ1) is 7.93. The molecule has 4 heteroatoms. The summed E-state index contributed by atoms with van der Waals surface area (Å²) in [4.78, 5) is 0. The highest BCUT2D eigenvalue weighted by Gasteiger charge is 1.97. The van der Waals surface area contributed by atoms with Gasteiger partial charge in [-0.25, -0.2) is 0 Å². The summed E-state index contributed by atoms with van der Waals surface area (Å²) < 4.78 is 4.18. The van der Waals surface area contributed by atoms with Crippen LogP contribution in [0, 0.1) is 23.9 Å². The summed E-state index contributed by atoms with van der Waals surface area (Å²) in [5.41, 5.74) is 0. The van der Waals surface area contributed by atoms with E-state index in [1.54, 1.807) is 0 Å².